The van der Waals surface area contributed by atoms with E-state index in [0.29, 0.717) is 5.56 Å². The molecule has 0 aliphatic carbocycles. The molecule has 1 aromatic rings. The molecule has 0 fully saturated rings. The first-order chi connectivity index (χ1) is 9.99. The molecular formula is C16H25NO5. The molecule has 0 aliphatic rings. The highest BCUT2D eigenvalue weighted by atomic mass is 16.5. The van der Waals surface area contributed by atoms with Gasteiger partial charge in [-0.25, -0.2) is 4.79 Å². The molecule has 0 radical (unpaired) electrons. The molecule has 0 amide bonds. The normalized spacial score (nSPS) is 16.0. The first-order valence-electron chi connectivity index (χ1n) is 7.32. The highest BCUT2D eigenvalue weighted by molar-refractivity contribution is 5.73. The Morgan fingerprint density at radius 1 is 1.32 bits per heavy atom. The lowest BCUT2D eigenvalue weighted by atomic mass is 9.83. The number of aliphatic hydroxyl groups is 2. The number of rotatable bonds is 6. The van der Waals surface area contributed by atoms with Gasteiger partial charge in [0.25, 0.3) is 5.56 Å². The summed E-state index contributed by atoms with van der Waals surface area (Å²) in [7, 11) is 0. The van der Waals surface area contributed by atoms with E-state index in [1.165, 1.54) is 37.6 Å². The highest BCUT2D eigenvalue weighted by Gasteiger charge is 2.37. The van der Waals surface area contributed by atoms with Crippen molar-refractivity contribution in [3.63, 3.8) is 0 Å². The lowest BCUT2D eigenvalue weighted by Crippen LogP contribution is -2.49. The van der Waals surface area contributed by atoms with Gasteiger partial charge < -0.3 is 19.5 Å². The van der Waals surface area contributed by atoms with Crippen LogP contribution in [0.3, 0.4) is 0 Å². The van der Waals surface area contributed by atoms with E-state index in [1.54, 1.807) is 19.9 Å². The smallest absolute Gasteiger partial charge is 0.328 e. The van der Waals surface area contributed by atoms with E-state index in [9.17, 15) is 19.8 Å². The molecule has 2 atom stereocenters. The van der Waals surface area contributed by atoms with Crippen LogP contribution in [0.4, 0.5) is 0 Å². The Labute approximate surface area is 130 Å². The van der Waals surface area contributed by atoms with Gasteiger partial charge in [-0.3, -0.25) is 4.79 Å². The van der Waals surface area contributed by atoms with Crippen LogP contribution in [-0.2, 0) is 16.0 Å². The first kappa shape index (κ1) is 18.4. The molecule has 22 heavy (non-hydrogen) atoms. The van der Waals surface area contributed by atoms with Crippen LogP contribution in [0.1, 0.15) is 46.2 Å². The minimum absolute atomic E-state index is 0.145. The number of hydrogen-bond donors (Lipinski definition) is 2. The molecule has 0 aliphatic heterocycles. The number of nitrogens with zero attached hydrogens (tertiary/aromatic N) is 1. The summed E-state index contributed by atoms with van der Waals surface area (Å²) < 4.78 is 6.19. The molecule has 0 saturated heterocycles. The van der Waals surface area contributed by atoms with Crippen LogP contribution in [0.2, 0.25) is 0 Å². The van der Waals surface area contributed by atoms with E-state index in [2.05, 4.69) is 0 Å². The number of aromatic nitrogens is 1. The van der Waals surface area contributed by atoms with Crippen molar-refractivity contribution >= 4 is 5.97 Å². The van der Waals surface area contributed by atoms with Gasteiger partial charge >= 0.3 is 5.97 Å². The van der Waals surface area contributed by atoms with E-state index in [-0.39, 0.29) is 18.6 Å². The fourth-order valence-corrected chi connectivity index (χ4v) is 1.95. The summed E-state index contributed by atoms with van der Waals surface area (Å²) >= 11 is 0. The zero-order valence-electron chi connectivity index (χ0n) is 13.8. The molecule has 2 unspecified atom stereocenters. The van der Waals surface area contributed by atoms with Gasteiger partial charge in [0.15, 0.2) is 0 Å². The third kappa shape index (κ3) is 4.18. The van der Waals surface area contributed by atoms with Crippen molar-refractivity contribution in [1.82, 2.24) is 4.57 Å². The highest BCUT2D eigenvalue weighted by Crippen LogP contribution is 2.25. The van der Waals surface area contributed by atoms with Crippen molar-refractivity contribution < 1.29 is 19.7 Å². The molecule has 0 spiro atoms. The van der Waals surface area contributed by atoms with Gasteiger partial charge in [0.05, 0.1) is 17.8 Å². The molecule has 0 bridgehead atoms. The summed E-state index contributed by atoms with van der Waals surface area (Å²) in [6.07, 6.45) is 1.66. The topological polar surface area (TPSA) is 88.8 Å². The molecule has 6 heteroatoms. The van der Waals surface area contributed by atoms with Crippen LogP contribution in [0.5, 0.6) is 0 Å². The Kier molecular flexibility index (Phi) is 5.54. The van der Waals surface area contributed by atoms with Gasteiger partial charge in [0, 0.05) is 18.7 Å². The van der Waals surface area contributed by atoms with E-state index in [4.69, 9.17) is 4.74 Å². The Morgan fingerprint density at radius 3 is 2.41 bits per heavy atom. The lowest BCUT2D eigenvalue weighted by molar-refractivity contribution is -0.146. The monoisotopic (exact) mass is 311 g/mol. The summed E-state index contributed by atoms with van der Waals surface area (Å²) in [4.78, 5) is 23.7. The van der Waals surface area contributed by atoms with Crippen molar-refractivity contribution in [3.8, 4) is 0 Å². The third-order valence-electron chi connectivity index (χ3n) is 3.91. The minimum atomic E-state index is -1.37. The number of ether oxygens (including phenoxy) is 1. The number of pyridine rings is 1. The molecular weight excluding hydrogens is 286 g/mol. The van der Waals surface area contributed by atoms with E-state index >= 15 is 0 Å². The van der Waals surface area contributed by atoms with Crippen molar-refractivity contribution in [2.45, 2.75) is 58.3 Å². The van der Waals surface area contributed by atoms with E-state index in [1.807, 2.05) is 0 Å². The predicted octanol–water partition coefficient (Wildman–Crippen LogP) is 1.04. The van der Waals surface area contributed by atoms with Gasteiger partial charge in [-0.2, -0.15) is 0 Å². The van der Waals surface area contributed by atoms with Crippen LogP contribution >= 0.6 is 0 Å². The average Bonchev–Trinajstić information content (AvgIpc) is 2.39. The van der Waals surface area contributed by atoms with Crippen molar-refractivity contribution in [2.75, 3.05) is 6.61 Å². The summed E-state index contributed by atoms with van der Waals surface area (Å²) in [5, 5.41) is 20.4. The number of esters is 1. The van der Waals surface area contributed by atoms with Gasteiger partial charge in [-0.1, -0.05) is 6.07 Å². The zero-order valence-corrected chi connectivity index (χ0v) is 13.8. The van der Waals surface area contributed by atoms with Gasteiger partial charge in [-0.05, 0) is 40.2 Å². The van der Waals surface area contributed by atoms with Crippen molar-refractivity contribution in [1.29, 1.82) is 0 Å². The standard InChI is InChI=1S/C16H25NO5/c1-6-22-14(19)11(2)17-10-12(7-8-13(17)18)9-16(5,21)15(3,4)20/h7-8,10-11,20-21H,6,9H2,1-5H3. The summed E-state index contributed by atoms with van der Waals surface area (Å²) in [5.74, 6) is -0.490. The van der Waals surface area contributed by atoms with Crippen LogP contribution in [0.25, 0.3) is 0 Å². The van der Waals surface area contributed by atoms with Crippen LogP contribution in [0.15, 0.2) is 23.1 Å². The van der Waals surface area contributed by atoms with Crippen LogP contribution in [0, 0.1) is 0 Å². The second-order valence-corrected chi connectivity index (χ2v) is 6.22. The van der Waals surface area contributed by atoms with Crippen LogP contribution < -0.4 is 5.56 Å². The van der Waals surface area contributed by atoms with Gasteiger partial charge in [0.2, 0.25) is 0 Å². The van der Waals surface area contributed by atoms with E-state index in [0.717, 1.165) is 0 Å². The Morgan fingerprint density at radius 2 is 1.91 bits per heavy atom. The Balaban J connectivity index is 3.10. The Hall–Kier alpha value is -1.66. The summed E-state index contributed by atoms with van der Waals surface area (Å²) in [6.45, 7) is 8.08. The molecule has 0 saturated carbocycles. The third-order valence-corrected chi connectivity index (χ3v) is 3.91. The van der Waals surface area contributed by atoms with Crippen molar-refractivity contribution in [3.05, 3.63) is 34.2 Å². The van der Waals surface area contributed by atoms with Crippen molar-refractivity contribution in [2.24, 2.45) is 0 Å². The summed E-state index contributed by atoms with van der Waals surface area (Å²) in [5.41, 5.74) is -2.36. The maximum absolute atomic E-state index is 11.9. The second kappa shape index (κ2) is 6.62. The number of hydrogen-bond acceptors (Lipinski definition) is 5. The second-order valence-electron chi connectivity index (χ2n) is 6.22. The number of carbonyl (C=O) groups excluding carboxylic acids is 1. The fraction of sp³-hybridized carbons (Fsp3) is 0.625. The molecule has 2 N–H and O–H groups in total. The maximum atomic E-state index is 11.9. The molecule has 1 rings (SSSR count). The predicted molar refractivity (Wildman–Crippen MR) is 82.7 cm³/mol. The zero-order chi connectivity index (χ0) is 17.1. The van der Waals surface area contributed by atoms with Crippen LogP contribution in [-0.4, -0.2) is 38.6 Å². The minimum Gasteiger partial charge on any atom is -0.464 e. The number of carbonyl (C=O) groups is 1. The summed E-state index contributed by atoms with van der Waals surface area (Å²) in [6, 6.07) is 2.17. The van der Waals surface area contributed by atoms with Gasteiger partial charge in [-0.15, -0.1) is 0 Å². The maximum Gasteiger partial charge on any atom is 0.328 e. The first-order valence-corrected chi connectivity index (χ1v) is 7.32. The SMILES string of the molecule is CCOC(=O)C(C)n1cc(CC(C)(O)C(C)(C)O)ccc1=O. The molecule has 1 heterocycles. The van der Waals surface area contributed by atoms with Gasteiger partial charge in [0.1, 0.15) is 6.04 Å². The Bertz CT molecular complexity index is 583. The molecule has 6 nitrogen and oxygen atoms in total. The molecule has 124 valence electrons. The lowest BCUT2D eigenvalue weighted by Gasteiger charge is -2.35. The largest absolute Gasteiger partial charge is 0.464 e. The molecule has 1 aromatic heterocycles. The fourth-order valence-electron chi connectivity index (χ4n) is 1.95. The van der Waals surface area contributed by atoms with E-state index < -0.39 is 23.2 Å². The average molecular weight is 311 g/mol. The molecule has 0 aromatic carbocycles. The quantitative estimate of drug-likeness (QED) is 0.766.